The van der Waals surface area contributed by atoms with Crippen LogP contribution in [0.4, 0.5) is 0 Å². The Balaban J connectivity index is 1.47. The van der Waals surface area contributed by atoms with Gasteiger partial charge in [0, 0.05) is 32.2 Å². The number of hydrogen-bond donors (Lipinski definition) is 1. The Bertz CT molecular complexity index is 904. The summed E-state index contributed by atoms with van der Waals surface area (Å²) in [4.78, 5) is 30.3. The maximum atomic E-state index is 13.4. The summed E-state index contributed by atoms with van der Waals surface area (Å²) < 4.78 is 12.4. The zero-order chi connectivity index (χ0) is 22.5. The fourth-order valence-corrected chi connectivity index (χ4v) is 4.32. The molecule has 10 heteroatoms. The molecule has 0 aromatic carbocycles. The van der Waals surface area contributed by atoms with Crippen molar-refractivity contribution in [2.75, 3.05) is 39.4 Å². The highest BCUT2D eigenvalue weighted by molar-refractivity contribution is 6.05. The first-order chi connectivity index (χ1) is 15.5. The fraction of sp³-hybridized carbons (Fsp3) is 0.636. The van der Waals surface area contributed by atoms with Gasteiger partial charge in [-0.25, -0.2) is 4.68 Å². The molecule has 1 atom stereocenters. The molecule has 2 aromatic rings. The first kappa shape index (κ1) is 22.5. The second kappa shape index (κ2) is 10.3. The topological polar surface area (TPSA) is 106 Å². The zero-order valence-electron chi connectivity index (χ0n) is 18.8. The second-order valence-corrected chi connectivity index (χ2v) is 8.88. The van der Waals surface area contributed by atoms with Crippen molar-refractivity contribution < 1.29 is 18.7 Å². The van der Waals surface area contributed by atoms with E-state index in [-0.39, 0.29) is 29.2 Å². The van der Waals surface area contributed by atoms with Gasteiger partial charge in [0.2, 0.25) is 0 Å². The summed E-state index contributed by atoms with van der Waals surface area (Å²) in [5.74, 6) is 0.539. The average molecular weight is 445 g/mol. The first-order valence-electron chi connectivity index (χ1n) is 11.4. The van der Waals surface area contributed by atoms with E-state index in [0.29, 0.717) is 31.3 Å². The average Bonchev–Trinajstić information content (AvgIpc) is 3.43. The van der Waals surface area contributed by atoms with Crippen LogP contribution in [-0.4, -0.2) is 82.0 Å². The van der Waals surface area contributed by atoms with Crippen molar-refractivity contribution in [3.8, 4) is 0 Å². The van der Waals surface area contributed by atoms with Crippen molar-refractivity contribution in [1.82, 2.24) is 30.1 Å². The number of carbonyl (C=O) groups excluding carboxylic acids is 2. The van der Waals surface area contributed by atoms with Crippen LogP contribution < -0.4 is 5.32 Å². The quantitative estimate of drug-likeness (QED) is 0.623. The molecule has 174 valence electrons. The highest BCUT2D eigenvalue weighted by Gasteiger charge is 2.34. The summed E-state index contributed by atoms with van der Waals surface area (Å²) in [5.41, 5.74) is 0.344. The number of nitrogens with one attached hydrogen (secondary N) is 1. The van der Waals surface area contributed by atoms with Crippen molar-refractivity contribution in [1.29, 1.82) is 0 Å². The molecule has 2 aliphatic rings. The molecule has 0 unspecified atom stereocenters. The van der Waals surface area contributed by atoms with Crippen LogP contribution in [0.25, 0.3) is 0 Å². The SMILES string of the molecule is CC(C)C[C@H]1Cn2nnc(C(=O)N(CCCN3CCOCC3)Cc3ccco3)c2C(=O)N1. The van der Waals surface area contributed by atoms with Crippen LogP contribution in [0, 0.1) is 5.92 Å². The number of furan rings is 1. The van der Waals surface area contributed by atoms with Crippen molar-refractivity contribution >= 4 is 11.8 Å². The van der Waals surface area contributed by atoms with Crippen molar-refractivity contribution in [2.24, 2.45) is 5.92 Å². The molecule has 10 nitrogen and oxygen atoms in total. The third kappa shape index (κ3) is 5.36. The molecule has 0 spiro atoms. The maximum absolute atomic E-state index is 13.4. The lowest BCUT2D eigenvalue weighted by molar-refractivity contribution is 0.0354. The minimum absolute atomic E-state index is 0.00704. The van der Waals surface area contributed by atoms with Gasteiger partial charge in [0.15, 0.2) is 11.4 Å². The van der Waals surface area contributed by atoms with E-state index in [1.807, 2.05) is 6.07 Å². The van der Waals surface area contributed by atoms with Gasteiger partial charge >= 0.3 is 0 Å². The molecule has 2 aromatic heterocycles. The molecule has 32 heavy (non-hydrogen) atoms. The van der Waals surface area contributed by atoms with E-state index in [1.165, 1.54) is 0 Å². The first-order valence-corrected chi connectivity index (χ1v) is 11.4. The summed E-state index contributed by atoms with van der Waals surface area (Å²) in [7, 11) is 0. The Morgan fingerprint density at radius 1 is 1.34 bits per heavy atom. The predicted octanol–water partition coefficient (Wildman–Crippen LogP) is 1.39. The van der Waals surface area contributed by atoms with Crippen molar-refractivity contribution in [3.63, 3.8) is 0 Å². The van der Waals surface area contributed by atoms with E-state index in [4.69, 9.17) is 9.15 Å². The van der Waals surface area contributed by atoms with Gasteiger partial charge < -0.3 is 19.4 Å². The molecule has 2 aliphatic heterocycles. The van der Waals surface area contributed by atoms with E-state index in [2.05, 4.69) is 34.4 Å². The monoisotopic (exact) mass is 444 g/mol. The third-order valence-corrected chi connectivity index (χ3v) is 5.86. The number of ether oxygens (including phenoxy) is 1. The Morgan fingerprint density at radius 2 is 2.16 bits per heavy atom. The third-order valence-electron chi connectivity index (χ3n) is 5.86. The highest BCUT2D eigenvalue weighted by atomic mass is 16.5. The normalized spacial score (nSPS) is 19.1. The minimum Gasteiger partial charge on any atom is -0.467 e. The molecule has 1 fully saturated rings. The molecular weight excluding hydrogens is 412 g/mol. The smallest absolute Gasteiger partial charge is 0.277 e. The van der Waals surface area contributed by atoms with Gasteiger partial charge in [-0.05, 0) is 30.9 Å². The second-order valence-electron chi connectivity index (χ2n) is 8.88. The van der Waals surface area contributed by atoms with Crippen LogP contribution in [0.1, 0.15) is 53.4 Å². The molecule has 2 amide bonds. The van der Waals surface area contributed by atoms with E-state index < -0.39 is 0 Å². The number of aromatic nitrogens is 3. The molecule has 0 saturated carbocycles. The molecule has 4 rings (SSSR count). The van der Waals surface area contributed by atoms with Crippen molar-refractivity contribution in [3.05, 3.63) is 35.5 Å². The molecular formula is C22H32N6O4. The summed E-state index contributed by atoms with van der Waals surface area (Å²) in [5, 5.41) is 11.3. The lowest BCUT2D eigenvalue weighted by atomic mass is 10.0. The van der Waals surface area contributed by atoms with Gasteiger partial charge in [-0.3, -0.25) is 14.5 Å². The molecule has 1 N–H and O–H groups in total. The van der Waals surface area contributed by atoms with Gasteiger partial charge in [-0.1, -0.05) is 19.1 Å². The lowest BCUT2D eigenvalue weighted by Crippen LogP contribution is -2.46. The Hall–Kier alpha value is -2.72. The van der Waals surface area contributed by atoms with Crippen LogP contribution in [0.15, 0.2) is 22.8 Å². The fourth-order valence-electron chi connectivity index (χ4n) is 4.32. The van der Waals surface area contributed by atoms with Crippen LogP contribution in [-0.2, 0) is 17.8 Å². The highest BCUT2D eigenvalue weighted by Crippen LogP contribution is 2.19. The molecule has 0 radical (unpaired) electrons. The van der Waals surface area contributed by atoms with Crippen LogP contribution in [0.3, 0.4) is 0 Å². The van der Waals surface area contributed by atoms with Gasteiger partial charge in [0.05, 0.1) is 32.6 Å². The summed E-state index contributed by atoms with van der Waals surface area (Å²) in [6.07, 6.45) is 3.24. The molecule has 0 bridgehead atoms. The van der Waals surface area contributed by atoms with Gasteiger partial charge in [-0.15, -0.1) is 5.10 Å². The van der Waals surface area contributed by atoms with Crippen LogP contribution >= 0.6 is 0 Å². The van der Waals surface area contributed by atoms with Gasteiger partial charge in [-0.2, -0.15) is 0 Å². The molecule has 0 aliphatic carbocycles. The van der Waals surface area contributed by atoms with E-state index >= 15 is 0 Å². The summed E-state index contributed by atoms with van der Waals surface area (Å²) in [6, 6.07) is 3.63. The Morgan fingerprint density at radius 3 is 2.88 bits per heavy atom. The Labute approximate surface area is 187 Å². The predicted molar refractivity (Wildman–Crippen MR) is 116 cm³/mol. The molecule has 1 saturated heterocycles. The zero-order valence-corrected chi connectivity index (χ0v) is 18.8. The minimum atomic E-state index is -0.304. The number of fused-ring (bicyclic) bond motifs is 1. The number of morpholine rings is 1. The Kier molecular flexibility index (Phi) is 7.21. The number of hydrogen-bond acceptors (Lipinski definition) is 7. The van der Waals surface area contributed by atoms with Crippen LogP contribution in [0.2, 0.25) is 0 Å². The summed E-state index contributed by atoms with van der Waals surface area (Å²) in [6.45, 7) is 9.77. The van der Waals surface area contributed by atoms with Crippen LogP contribution in [0.5, 0.6) is 0 Å². The van der Waals surface area contributed by atoms with Gasteiger partial charge in [0.1, 0.15) is 5.76 Å². The lowest BCUT2D eigenvalue weighted by Gasteiger charge is -2.28. The molecule has 4 heterocycles. The number of nitrogens with zero attached hydrogens (tertiary/aromatic N) is 5. The van der Waals surface area contributed by atoms with E-state index in [0.717, 1.165) is 45.7 Å². The van der Waals surface area contributed by atoms with Gasteiger partial charge in [0.25, 0.3) is 11.8 Å². The van der Waals surface area contributed by atoms with E-state index in [1.54, 1.807) is 21.9 Å². The standard InChI is InChI=1S/C22H32N6O4/c1-16(2)13-17-14-28-20(21(29)23-17)19(24-25-28)22(30)27(15-18-5-3-10-32-18)7-4-6-26-8-11-31-12-9-26/h3,5,10,16-17H,4,6-9,11-15H2,1-2H3,(H,23,29)/t17-/m0/s1. The largest absolute Gasteiger partial charge is 0.467 e. The number of carbonyl (C=O) groups is 2. The van der Waals surface area contributed by atoms with Crippen molar-refractivity contribution in [2.45, 2.75) is 45.8 Å². The maximum Gasteiger partial charge on any atom is 0.277 e. The number of amides is 2. The summed E-state index contributed by atoms with van der Waals surface area (Å²) >= 11 is 0. The van der Waals surface area contributed by atoms with E-state index in [9.17, 15) is 9.59 Å². The number of rotatable bonds is 9.